The van der Waals surface area contributed by atoms with Crippen molar-refractivity contribution in [1.82, 2.24) is 5.32 Å². The van der Waals surface area contributed by atoms with E-state index in [9.17, 15) is 14.7 Å². The van der Waals surface area contributed by atoms with Gasteiger partial charge in [-0.2, -0.15) is 0 Å². The molecule has 3 aromatic rings. The minimum absolute atomic E-state index is 0.172. The van der Waals surface area contributed by atoms with E-state index in [1.54, 1.807) is 43.5 Å². The second-order valence-electron chi connectivity index (χ2n) is 5.98. The van der Waals surface area contributed by atoms with E-state index in [1.807, 2.05) is 30.3 Å². The zero-order valence-electron chi connectivity index (χ0n) is 14.3. The standard InChI is InChI=1S/C21H19NO4/c1-26-18-8-4-5-14(11-18)12-19(21(24)25)22-20(23)17-10-9-15-6-2-3-7-16(15)13-17/h2-11,13,19H,12H2,1H3,(H,22,23)(H,24,25)/t19-/m0/s1. The van der Waals surface area contributed by atoms with E-state index in [0.29, 0.717) is 11.3 Å². The Morgan fingerprint density at radius 1 is 1.00 bits per heavy atom. The molecule has 0 radical (unpaired) electrons. The number of aliphatic carboxylic acids is 1. The van der Waals surface area contributed by atoms with Crippen molar-refractivity contribution in [3.8, 4) is 5.75 Å². The Morgan fingerprint density at radius 2 is 1.77 bits per heavy atom. The number of fused-ring (bicyclic) bond motifs is 1. The predicted molar refractivity (Wildman–Crippen MR) is 99.5 cm³/mol. The number of carbonyl (C=O) groups excluding carboxylic acids is 1. The number of hydrogen-bond acceptors (Lipinski definition) is 3. The predicted octanol–water partition coefficient (Wildman–Crippen LogP) is 3.27. The second-order valence-corrected chi connectivity index (χ2v) is 5.98. The molecule has 0 unspecified atom stereocenters. The van der Waals surface area contributed by atoms with Crippen molar-refractivity contribution in [3.05, 3.63) is 77.9 Å². The fraction of sp³-hybridized carbons (Fsp3) is 0.143. The first-order valence-corrected chi connectivity index (χ1v) is 8.22. The van der Waals surface area contributed by atoms with E-state index in [2.05, 4.69) is 5.32 Å². The molecule has 3 aromatic carbocycles. The van der Waals surface area contributed by atoms with Gasteiger partial charge in [-0.25, -0.2) is 4.79 Å². The molecule has 2 N–H and O–H groups in total. The average Bonchev–Trinajstić information content (AvgIpc) is 2.67. The third-order valence-corrected chi connectivity index (χ3v) is 4.19. The molecule has 0 heterocycles. The Labute approximate surface area is 151 Å². The molecule has 1 atom stereocenters. The molecule has 5 heteroatoms. The van der Waals surface area contributed by atoms with Gasteiger partial charge in [0.2, 0.25) is 0 Å². The van der Waals surface area contributed by atoms with Gasteiger partial charge in [0.25, 0.3) is 5.91 Å². The Morgan fingerprint density at radius 3 is 2.50 bits per heavy atom. The highest BCUT2D eigenvalue weighted by molar-refractivity contribution is 6.00. The van der Waals surface area contributed by atoms with E-state index < -0.39 is 17.9 Å². The summed E-state index contributed by atoms with van der Waals surface area (Å²) in [5.41, 5.74) is 1.20. The van der Waals surface area contributed by atoms with E-state index in [4.69, 9.17) is 4.74 Å². The number of carboxylic acid groups (broad SMARTS) is 1. The molecule has 0 saturated carbocycles. The summed E-state index contributed by atoms with van der Waals surface area (Å²) in [4.78, 5) is 24.1. The van der Waals surface area contributed by atoms with Crippen LogP contribution < -0.4 is 10.1 Å². The van der Waals surface area contributed by atoms with E-state index in [1.165, 1.54) is 0 Å². The number of ether oxygens (including phenoxy) is 1. The van der Waals surface area contributed by atoms with Crippen LogP contribution in [0.15, 0.2) is 66.7 Å². The summed E-state index contributed by atoms with van der Waals surface area (Å²) >= 11 is 0. The van der Waals surface area contributed by atoms with Crippen LogP contribution in [0.4, 0.5) is 0 Å². The highest BCUT2D eigenvalue weighted by Gasteiger charge is 2.21. The molecule has 0 spiro atoms. The Balaban J connectivity index is 1.77. The largest absolute Gasteiger partial charge is 0.497 e. The van der Waals surface area contributed by atoms with Gasteiger partial charge in [-0.15, -0.1) is 0 Å². The maximum absolute atomic E-state index is 12.5. The van der Waals surface area contributed by atoms with Crippen LogP contribution in [0.3, 0.4) is 0 Å². The third-order valence-electron chi connectivity index (χ3n) is 4.19. The summed E-state index contributed by atoms with van der Waals surface area (Å²) < 4.78 is 5.15. The lowest BCUT2D eigenvalue weighted by Crippen LogP contribution is -2.42. The molecule has 0 aliphatic rings. The van der Waals surface area contributed by atoms with E-state index >= 15 is 0 Å². The topological polar surface area (TPSA) is 75.6 Å². The third kappa shape index (κ3) is 4.00. The van der Waals surface area contributed by atoms with Gasteiger partial charge in [0.05, 0.1) is 7.11 Å². The lowest BCUT2D eigenvalue weighted by atomic mass is 10.0. The summed E-state index contributed by atoms with van der Waals surface area (Å²) in [5, 5.41) is 14.0. The van der Waals surface area contributed by atoms with Crippen molar-refractivity contribution in [1.29, 1.82) is 0 Å². The van der Waals surface area contributed by atoms with Crippen LogP contribution in [0.5, 0.6) is 5.75 Å². The molecule has 1 amide bonds. The van der Waals surface area contributed by atoms with Crippen molar-refractivity contribution in [3.63, 3.8) is 0 Å². The van der Waals surface area contributed by atoms with Crippen LogP contribution in [0.2, 0.25) is 0 Å². The fourth-order valence-corrected chi connectivity index (χ4v) is 2.81. The highest BCUT2D eigenvalue weighted by Crippen LogP contribution is 2.17. The first-order chi connectivity index (χ1) is 12.6. The molecular weight excluding hydrogens is 330 g/mol. The van der Waals surface area contributed by atoms with Crippen molar-refractivity contribution in [2.24, 2.45) is 0 Å². The smallest absolute Gasteiger partial charge is 0.326 e. The number of carbonyl (C=O) groups is 2. The number of nitrogens with one attached hydrogen (secondary N) is 1. The molecule has 0 saturated heterocycles. The van der Waals surface area contributed by atoms with Crippen molar-refractivity contribution < 1.29 is 19.4 Å². The van der Waals surface area contributed by atoms with E-state index in [0.717, 1.165) is 16.3 Å². The summed E-state index contributed by atoms with van der Waals surface area (Å²) in [5.74, 6) is -0.847. The van der Waals surface area contributed by atoms with Crippen molar-refractivity contribution >= 4 is 22.6 Å². The molecule has 0 fully saturated rings. The van der Waals surface area contributed by atoms with Crippen molar-refractivity contribution in [2.45, 2.75) is 12.5 Å². The van der Waals surface area contributed by atoms with Crippen molar-refractivity contribution in [2.75, 3.05) is 7.11 Å². The van der Waals surface area contributed by atoms with Gasteiger partial charge in [0.1, 0.15) is 11.8 Å². The molecule has 26 heavy (non-hydrogen) atoms. The van der Waals surface area contributed by atoms with Gasteiger partial charge in [0.15, 0.2) is 0 Å². The minimum Gasteiger partial charge on any atom is -0.497 e. The monoisotopic (exact) mass is 349 g/mol. The quantitative estimate of drug-likeness (QED) is 0.716. The molecular formula is C21H19NO4. The fourth-order valence-electron chi connectivity index (χ4n) is 2.81. The number of benzene rings is 3. The number of methoxy groups -OCH3 is 1. The second kappa shape index (κ2) is 7.70. The van der Waals surface area contributed by atoms with Gasteiger partial charge < -0.3 is 15.2 Å². The molecule has 0 aromatic heterocycles. The summed E-state index contributed by atoms with van der Waals surface area (Å²) in [7, 11) is 1.55. The van der Waals surface area contributed by atoms with Crippen LogP contribution in [0.25, 0.3) is 10.8 Å². The van der Waals surface area contributed by atoms with Crippen LogP contribution in [0.1, 0.15) is 15.9 Å². The summed E-state index contributed by atoms with van der Waals surface area (Å²) in [6, 6.07) is 19.1. The zero-order chi connectivity index (χ0) is 18.5. The Kier molecular flexibility index (Phi) is 5.17. The number of amides is 1. The molecule has 0 aliphatic heterocycles. The van der Waals surface area contributed by atoms with E-state index in [-0.39, 0.29) is 6.42 Å². The molecule has 3 rings (SSSR count). The van der Waals surface area contributed by atoms with Crippen LogP contribution in [-0.4, -0.2) is 30.1 Å². The molecule has 5 nitrogen and oxygen atoms in total. The van der Waals surface area contributed by atoms with Gasteiger partial charge in [-0.05, 0) is 40.6 Å². The molecule has 0 aliphatic carbocycles. The summed E-state index contributed by atoms with van der Waals surface area (Å²) in [6.07, 6.45) is 0.172. The maximum Gasteiger partial charge on any atom is 0.326 e. The average molecular weight is 349 g/mol. The number of rotatable bonds is 6. The molecule has 132 valence electrons. The van der Waals surface area contributed by atoms with Gasteiger partial charge in [-0.3, -0.25) is 4.79 Å². The number of carboxylic acids is 1. The SMILES string of the molecule is COc1cccc(C[C@H](NC(=O)c2ccc3ccccc3c2)C(=O)O)c1. The zero-order valence-corrected chi connectivity index (χ0v) is 14.3. The minimum atomic E-state index is -1.08. The normalized spacial score (nSPS) is 11.7. The van der Waals surface area contributed by atoms with Gasteiger partial charge in [0, 0.05) is 12.0 Å². The first-order valence-electron chi connectivity index (χ1n) is 8.22. The highest BCUT2D eigenvalue weighted by atomic mass is 16.5. The molecule has 0 bridgehead atoms. The van der Waals surface area contributed by atoms with Crippen LogP contribution in [0, 0.1) is 0 Å². The van der Waals surface area contributed by atoms with Gasteiger partial charge in [-0.1, -0.05) is 42.5 Å². The maximum atomic E-state index is 12.5. The Hall–Kier alpha value is -3.34. The van der Waals surface area contributed by atoms with Crippen LogP contribution in [-0.2, 0) is 11.2 Å². The number of hydrogen-bond donors (Lipinski definition) is 2. The lowest BCUT2D eigenvalue weighted by molar-refractivity contribution is -0.139. The summed E-state index contributed by atoms with van der Waals surface area (Å²) in [6.45, 7) is 0. The first kappa shape index (κ1) is 17.5. The van der Waals surface area contributed by atoms with Gasteiger partial charge >= 0.3 is 5.97 Å². The van der Waals surface area contributed by atoms with Crippen LogP contribution >= 0.6 is 0 Å². The lowest BCUT2D eigenvalue weighted by Gasteiger charge is -2.15. The Bertz CT molecular complexity index is 951.